The Hall–Kier alpha value is -10.0. The van der Waals surface area contributed by atoms with Crippen LogP contribution in [0.3, 0.4) is 0 Å². The summed E-state index contributed by atoms with van der Waals surface area (Å²) in [6.45, 7) is 20.3. The van der Waals surface area contributed by atoms with Crippen LogP contribution in [0.2, 0.25) is 0 Å². The van der Waals surface area contributed by atoms with Crippen molar-refractivity contribution in [3.05, 3.63) is 302 Å². The summed E-state index contributed by atoms with van der Waals surface area (Å²) in [4.78, 5) is 4.95. The Labute approximate surface area is 555 Å². The predicted molar refractivity (Wildman–Crippen MR) is 374 cm³/mol. The van der Waals surface area contributed by atoms with E-state index in [2.05, 4.69) is 333 Å². The summed E-state index contributed by atoms with van der Waals surface area (Å²) in [7, 11) is 0. The molecular formula is C85H71N5OPt-2. The van der Waals surface area contributed by atoms with E-state index in [0.29, 0.717) is 23.0 Å². The SMILES string of the molecule is CC(C)(C)c1cc(-[n+]2[c-]n(-c3[c-]c(Oc4[c-]c5c(cc4)c4ccccc4n5-c4cc(C(C)(C)C)ccn4)ccc3)c(-c3c(-c4cc(-c5ccccc5)cc(-c5ccccc5)c4)cccc3-c3cc(-c4ccccc4)cc(-c4ccccc4)c3)n2)cc(C(C)(C)C)c1.[Pt]. The van der Waals surface area contributed by atoms with E-state index in [1.54, 1.807) is 0 Å². The molecule has 0 aliphatic rings. The van der Waals surface area contributed by atoms with Gasteiger partial charge in [-0.05, 0) is 160 Å². The number of fused-ring (bicyclic) bond motifs is 3. The number of pyridine rings is 1. The molecule has 7 heteroatoms. The average molecular weight is 1370 g/mol. The van der Waals surface area contributed by atoms with Crippen LogP contribution in [0.15, 0.2) is 267 Å². The minimum atomic E-state index is -0.164. The van der Waals surface area contributed by atoms with Gasteiger partial charge in [-0.1, -0.05) is 249 Å². The molecule has 0 saturated carbocycles. The molecule has 6 nitrogen and oxygen atoms in total. The second-order valence-corrected chi connectivity index (χ2v) is 26.8. The number of para-hydroxylation sites is 1. The second-order valence-electron chi connectivity index (χ2n) is 26.8. The van der Waals surface area contributed by atoms with Crippen molar-refractivity contribution in [2.24, 2.45) is 0 Å². The van der Waals surface area contributed by atoms with Crippen molar-refractivity contribution in [2.45, 2.75) is 78.6 Å². The molecule has 454 valence electrons. The largest absolute Gasteiger partial charge is 0.510 e. The molecule has 3 heterocycles. The Morgan fingerprint density at radius 2 is 0.859 bits per heavy atom. The molecule has 14 rings (SSSR count). The van der Waals surface area contributed by atoms with Crippen LogP contribution < -0.4 is 9.42 Å². The maximum atomic E-state index is 6.96. The third-order valence-corrected chi connectivity index (χ3v) is 17.3. The van der Waals surface area contributed by atoms with Gasteiger partial charge in [-0.15, -0.1) is 34.8 Å². The number of nitrogens with zero attached hydrogens (tertiary/aromatic N) is 5. The van der Waals surface area contributed by atoms with Gasteiger partial charge in [0.15, 0.2) is 5.82 Å². The van der Waals surface area contributed by atoms with E-state index in [4.69, 9.17) is 14.8 Å². The van der Waals surface area contributed by atoms with Crippen molar-refractivity contribution in [1.29, 1.82) is 0 Å². The predicted octanol–water partition coefficient (Wildman–Crippen LogP) is 21.4. The van der Waals surface area contributed by atoms with E-state index in [1.807, 2.05) is 29.1 Å². The third-order valence-electron chi connectivity index (χ3n) is 17.3. The smallest absolute Gasteiger partial charge is 0.272 e. The Morgan fingerprint density at radius 1 is 0.391 bits per heavy atom. The first-order chi connectivity index (χ1) is 44.0. The fourth-order valence-electron chi connectivity index (χ4n) is 12.3. The van der Waals surface area contributed by atoms with Crippen LogP contribution >= 0.6 is 0 Å². The molecule has 0 spiro atoms. The molecule has 0 aliphatic heterocycles. The van der Waals surface area contributed by atoms with Crippen LogP contribution in [0.1, 0.15) is 79.0 Å². The molecule has 92 heavy (non-hydrogen) atoms. The van der Waals surface area contributed by atoms with Crippen LogP contribution in [0.5, 0.6) is 11.5 Å². The maximum Gasteiger partial charge on any atom is 0.272 e. The molecule has 11 aromatic carbocycles. The summed E-state index contributed by atoms with van der Waals surface area (Å²) in [6.07, 6.45) is 5.77. The van der Waals surface area contributed by atoms with Crippen LogP contribution in [0.25, 0.3) is 117 Å². The van der Waals surface area contributed by atoms with Crippen LogP contribution in [-0.2, 0) is 37.3 Å². The molecule has 0 N–H and O–H groups in total. The third kappa shape index (κ3) is 12.2. The Morgan fingerprint density at radius 3 is 1.37 bits per heavy atom. The summed E-state index contributed by atoms with van der Waals surface area (Å²) in [5.41, 5.74) is 20.6. The molecule has 0 fully saturated rings. The van der Waals surface area contributed by atoms with Gasteiger partial charge in [-0.25, -0.2) is 4.98 Å². The van der Waals surface area contributed by atoms with Gasteiger partial charge in [0.05, 0.1) is 5.69 Å². The molecule has 0 unspecified atom stereocenters. The van der Waals surface area contributed by atoms with Crippen molar-refractivity contribution >= 4 is 21.8 Å². The van der Waals surface area contributed by atoms with E-state index in [1.165, 1.54) is 16.7 Å². The monoisotopic (exact) mass is 1370 g/mol. The normalized spacial score (nSPS) is 11.9. The van der Waals surface area contributed by atoms with Crippen LogP contribution in [0.4, 0.5) is 0 Å². The quantitative estimate of drug-likeness (QED) is 0.0905. The van der Waals surface area contributed by atoms with Gasteiger partial charge in [0.1, 0.15) is 5.82 Å². The number of ether oxygens (including phenoxy) is 1. The van der Waals surface area contributed by atoms with Crippen molar-refractivity contribution in [2.75, 3.05) is 0 Å². The number of aromatic nitrogens is 5. The summed E-state index contributed by atoms with van der Waals surface area (Å²) in [5.74, 6) is 2.54. The van der Waals surface area contributed by atoms with Gasteiger partial charge < -0.3 is 13.9 Å². The van der Waals surface area contributed by atoms with Gasteiger partial charge >= 0.3 is 0 Å². The first kappa shape index (κ1) is 60.9. The fraction of sp³-hybridized carbons (Fsp3) is 0.141. The van der Waals surface area contributed by atoms with Gasteiger partial charge in [0, 0.05) is 49.8 Å². The van der Waals surface area contributed by atoms with Gasteiger partial charge in [-0.2, -0.15) is 22.9 Å². The zero-order valence-corrected chi connectivity index (χ0v) is 55.6. The van der Waals surface area contributed by atoms with E-state index < -0.39 is 0 Å². The Balaban J connectivity index is 0.00000773. The van der Waals surface area contributed by atoms with Crippen molar-refractivity contribution in [1.82, 2.24) is 19.2 Å². The minimum absolute atomic E-state index is 0. The molecule has 0 aliphatic carbocycles. The molecular weight excluding hydrogens is 1300 g/mol. The van der Waals surface area contributed by atoms with Gasteiger partial charge in [0.25, 0.3) is 6.33 Å². The first-order valence-electron chi connectivity index (χ1n) is 31.4. The molecule has 0 radical (unpaired) electrons. The van der Waals surface area contributed by atoms with E-state index in [0.717, 1.165) is 106 Å². The standard InChI is InChI=1S/C85H71N5O.Pt/c1-83(2,3)67-42-43-86-80(53-67)90-78-39-23-22-36-76(78)77-41-40-73(55-79(77)90)91-72-35-24-34-70(54-72)88-56-89(71-51-68(84(4,5)6)50-69(52-71)85(7,8)9)87-82(88)81-74(65-46-61(57-26-14-10-15-27-57)44-62(47-65)58-28-16-11-17-29-58)37-25-38-75(81)66-48-63(59-30-18-12-19-31-59)45-64(49-66)60-32-20-13-21-33-60;/h10-53H,1-9H3;/q-2;. The van der Waals surface area contributed by atoms with Crippen molar-refractivity contribution < 1.29 is 30.5 Å². The molecule has 0 amide bonds. The topological polar surface area (TPSA) is 48.8 Å². The van der Waals surface area contributed by atoms with E-state index >= 15 is 0 Å². The number of hydrogen-bond acceptors (Lipinski definition) is 3. The zero-order valence-electron chi connectivity index (χ0n) is 53.4. The molecule has 0 saturated heterocycles. The van der Waals surface area contributed by atoms with Gasteiger partial charge in [-0.3, -0.25) is 0 Å². The summed E-state index contributed by atoms with van der Waals surface area (Å²) < 4.78 is 13.2. The maximum absolute atomic E-state index is 6.96. The molecule has 0 atom stereocenters. The van der Waals surface area contributed by atoms with E-state index in [-0.39, 0.29) is 37.3 Å². The fourth-order valence-corrected chi connectivity index (χ4v) is 12.3. The summed E-state index contributed by atoms with van der Waals surface area (Å²) in [5, 5.41) is 8.01. The van der Waals surface area contributed by atoms with Crippen LogP contribution in [-0.4, -0.2) is 19.2 Å². The van der Waals surface area contributed by atoms with E-state index in [9.17, 15) is 0 Å². The summed E-state index contributed by atoms with van der Waals surface area (Å²) >= 11 is 0. The molecule has 14 aromatic rings. The van der Waals surface area contributed by atoms with Crippen LogP contribution in [0, 0.1) is 18.5 Å². The summed E-state index contributed by atoms with van der Waals surface area (Å²) in [6, 6.07) is 101. The molecule has 3 aromatic heterocycles. The van der Waals surface area contributed by atoms with Gasteiger partial charge in [0.2, 0.25) is 0 Å². The minimum Gasteiger partial charge on any atom is -0.510 e. The zero-order chi connectivity index (χ0) is 62.6. The number of rotatable bonds is 12. The van der Waals surface area contributed by atoms with Crippen molar-refractivity contribution in [3.63, 3.8) is 0 Å². The van der Waals surface area contributed by atoms with Crippen molar-refractivity contribution in [3.8, 4) is 107 Å². The number of hydrogen-bond donors (Lipinski definition) is 0. The first-order valence-corrected chi connectivity index (χ1v) is 31.4. The molecule has 0 bridgehead atoms. The Bertz CT molecular complexity index is 4720. The Kier molecular flexibility index (Phi) is 16.3. The number of benzene rings is 11. The average Bonchev–Trinajstić information content (AvgIpc) is 1.55. The second kappa shape index (κ2) is 24.7.